The van der Waals surface area contributed by atoms with Gasteiger partial charge in [-0.1, -0.05) is 24.3 Å². The highest BCUT2D eigenvalue weighted by atomic mass is 16.5. The Morgan fingerprint density at radius 2 is 1.72 bits per heavy atom. The van der Waals surface area contributed by atoms with E-state index in [0.717, 1.165) is 12.8 Å². The molecule has 2 bridgehead atoms. The van der Waals surface area contributed by atoms with E-state index in [4.69, 9.17) is 4.74 Å². The lowest BCUT2D eigenvalue weighted by Crippen LogP contribution is -2.35. The molecule has 1 spiro atoms. The van der Waals surface area contributed by atoms with Crippen molar-refractivity contribution in [1.82, 2.24) is 0 Å². The summed E-state index contributed by atoms with van der Waals surface area (Å²) < 4.78 is 5.09. The topological polar surface area (TPSA) is 63.7 Å². The van der Waals surface area contributed by atoms with E-state index in [1.54, 1.807) is 31.2 Å². The molecule has 1 aromatic carbocycles. The molecule has 1 aromatic rings. The fourth-order valence-electron chi connectivity index (χ4n) is 5.37. The van der Waals surface area contributed by atoms with Gasteiger partial charge in [-0.05, 0) is 49.1 Å². The SMILES string of the molecule is CCOC(=O)c1ccccc1N1C(=O)C2C(C1=O)C1C=CC2C12CC2. The molecule has 1 aliphatic heterocycles. The van der Waals surface area contributed by atoms with E-state index in [9.17, 15) is 14.4 Å². The minimum Gasteiger partial charge on any atom is -0.462 e. The lowest BCUT2D eigenvalue weighted by molar-refractivity contribution is -0.123. The fourth-order valence-corrected chi connectivity index (χ4v) is 5.37. The van der Waals surface area contributed by atoms with E-state index in [-0.39, 0.29) is 53.1 Å². The Bertz CT molecular complexity index is 804. The number of rotatable bonds is 3. The summed E-state index contributed by atoms with van der Waals surface area (Å²) in [6.45, 7) is 1.98. The van der Waals surface area contributed by atoms with Crippen molar-refractivity contribution in [3.8, 4) is 0 Å². The number of hydrogen-bond acceptors (Lipinski definition) is 4. The van der Waals surface area contributed by atoms with Crippen molar-refractivity contribution in [2.45, 2.75) is 19.8 Å². The van der Waals surface area contributed by atoms with Gasteiger partial charge in [0.25, 0.3) is 0 Å². The van der Waals surface area contributed by atoms with Crippen LogP contribution in [0.1, 0.15) is 30.1 Å². The normalized spacial score (nSPS) is 33.2. The number of para-hydroxylation sites is 1. The molecule has 2 amide bonds. The number of benzene rings is 1. The molecule has 4 unspecified atom stereocenters. The summed E-state index contributed by atoms with van der Waals surface area (Å²) in [5.41, 5.74) is 0.801. The maximum absolute atomic E-state index is 13.2. The van der Waals surface area contributed by atoms with Gasteiger partial charge in [0.15, 0.2) is 0 Å². The predicted molar refractivity (Wildman–Crippen MR) is 89.7 cm³/mol. The van der Waals surface area contributed by atoms with Crippen LogP contribution in [0.3, 0.4) is 0 Å². The van der Waals surface area contributed by atoms with Crippen LogP contribution in [0.4, 0.5) is 5.69 Å². The standard InChI is InChI=1S/C20H19NO4/c1-2-25-19(24)11-5-3-4-6-14(11)21-17(22)15-12-7-8-13(16(15)18(21)23)20(12)9-10-20/h3-8,12-13,15-16H,2,9-10H2,1H3. The van der Waals surface area contributed by atoms with Gasteiger partial charge in [-0.15, -0.1) is 0 Å². The van der Waals surface area contributed by atoms with E-state index in [0.29, 0.717) is 5.69 Å². The van der Waals surface area contributed by atoms with E-state index < -0.39 is 5.97 Å². The van der Waals surface area contributed by atoms with Crippen molar-refractivity contribution in [3.05, 3.63) is 42.0 Å². The zero-order valence-corrected chi connectivity index (χ0v) is 14.0. The van der Waals surface area contributed by atoms with Crippen LogP contribution >= 0.6 is 0 Å². The molecule has 25 heavy (non-hydrogen) atoms. The minimum absolute atomic E-state index is 0.158. The van der Waals surface area contributed by atoms with Gasteiger partial charge < -0.3 is 4.74 Å². The molecule has 0 N–H and O–H groups in total. The van der Waals surface area contributed by atoms with Crippen LogP contribution in [0.15, 0.2) is 36.4 Å². The first-order valence-electron chi connectivity index (χ1n) is 8.92. The highest BCUT2D eigenvalue weighted by molar-refractivity contribution is 6.24. The number of nitrogens with zero attached hydrogens (tertiary/aromatic N) is 1. The zero-order chi connectivity index (χ0) is 17.3. The lowest BCUT2D eigenvalue weighted by Gasteiger charge is -2.23. The molecule has 1 saturated heterocycles. The average molecular weight is 337 g/mol. The molecular weight excluding hydrogens is 318 g/mol. The largest absolute Gasteiger partial charge is 0.462 e. The molecule has 5 heteroatoms. The number of amides is 2. The van der Waals surface area contributed by atoms with Crippen LogP contribution in [0.25, 0.3) is 0 Å². The van der Waals surface area contributed by atoms with Gasteiger partial charge in [0, 0.05) is 0 Å². The third-order valence-electron chi connectivity index (χ3n) is 6.49. The lowest BCUT2D eigenvalue weighted by atomic mass is 9.85. The zero-order valence-electron chi connectivity index (χ0n) is 14.0. The van der Waals surface area contributed by atoms with E-state index in [1.165, 1.54) is 4.90 Å². The highest BCUT2D eigenvalue weighted by Crippen LogP contribution is 2.73. The molecule has 0 radical (unpaired) electrons. The Kier molecular flexibility index (Phi) is 2.86. The molecule has 3 aliphatic carbocycles. The Hall–Kier alpha value is -2.43. The van der Waals surface area contributed by atoms with Crippen LogP contribution in [0.2, 0.25) is 0 Å². The number of esters is 1. The summed E-state index contributed by atoms with van der Waals surface area (Å²) in [4.78, 5) is 39.8. The number of allylic oxidation sites excluding steroid dienone is 2. The second kappa shape index (κ2) is 4.81. The smallest absolute Gasteiger partial charge is 0.340 e. The Morgan fingerprint density at radius 3 is 2.28 bits per heavy atom. The van der Waals surface area contributed by atoms with Crippen LogP contribution in [0.5, 0.6) is 0 Å². The first kappa shape index (κ1) is 14.9. The third-order valence-corrected chi connectivity index (χ3v) is 6.49. The van der Waals surface area contributed by atoms with Gasteiger partial charge in [-0.2, -0.15) is 0 Å². The Labute approximate surface area is 145 Å². The van der Waals surface area contributed by atoms with Gasteiger partial charge in [-0.3, -0.25) is 9.59 Å². The van der Waals surface area contributed by atoms with Gasteiger partial charge in [0.1, 0.15) is 0 Å². The molecule has 0 aromatic heterocycles. The molecule has 128 valence electrons. The summed E-state index contributed by atoms with van der Waals surface area (Å²) in [5.74, 6) is -0.988. The van der Waals surface area contributed by atoms with Crippen molar-refractivity contribution < 1.29 is 19.1 Å². The molecule has 4 aliphatic rings. The molecule has 1 heterocycles. The molecule has 3 fully saturated rings. The minimum atomic E-state index is -0.504. The Morgan fingerprint density at radius 1 is 1.12 bits per heavy atom. The average Bonchev–Trinajstić information content (AvgIpc) is 3.20. The second-order valence-corrected chi connectivity index (χ2v) is 7.47. The number of carbonyl (C=O) groups is 3. The highest BCUT2D eigenvalue weighted by Gasteiger charge is 2.73. The first-order chi connectivity index (χ1) is 12.1. The number of carbonyl (C=O) groups excluding carboxylic acids is 3. The second-order valence-electron chi connectivity index (χ2n) is 7.47. The Balaban J connectivity index is 1.55. The maximum Gasteiger partial charge on any atom is 0.340 e. The first-order valence-corrected chi connectivity index (χ1v) is 8.92. The van der Waals surface area contributed by atoms with Gasteiger partial charge in [0.05, 0.1) is 29.7 Å². The third kappa shape index (κ3) is 1.71. The van der Waals surface area contributed by atoms with Crippen LogP contribution in [-0.4, -0.2) is 24.4 Å². The van der Waals surface area contributed by atoms with E-state index in [1.807, 2.05) is 0 Å². The summed E-state index contributed by atoms with van der Waals surface area (Å²) in [5, 5.41) is 0. The van der Waals surface area contributed by atoms with Crippen molar-refractivity contribution in [1.29, 1.82) is 0 Å². The van der Waals surface area contributed by atoms with Crippen molar-refractivity contribution in [2.24, 2.45) is 29.1 Å². The van der Waals surface area contributed by atoms with Crippen LogP contribution in [-0.2, 0) is 14.3 Å². The number of imide groups is 1. The summed E-state index contributed by atoms with van der Waals surface area (Å²) >= 11 is 0. The number of ether oxygens (including phenoxy) is 1. The fraction of sp³-hybridized carbons (Fsp3) is 0.450. The summed E-state index contributed by atoms with van der Waals surface area (Å²) in [7, 11) is 0. The number of hydrogen-bond donors (Lipinski definition) is 0. The monoisotopic (exact) mass is 337 g/mol. The quantitative estimate of drug-likeness (QED) is 0.483. The van der Waals surface area contributed by atoms with Gasteiger partial charge >= 0.3 is 5.97 Å². The number of anilines is 1. The van der Waals surface area contributed by atoms with E-state index >= 15 is 0 Å². The molecule has 4 atom stereocenters. The summed E-state index contributed by atoms with van der Waals surface area (Å²) in [6, 6.07) is 6.72. The van der Waals surface area contributed by atoms with Crippen LogP contribution < -0.4 is 4.90 Å². The van der Waals surface area contributed by atoms with Gasteiger partial charge in [-0.25, -0.2) is 9.69 Å². The maximum atomic E-state index is 13.2. The molecular formula is C20H19NO4. The predicted octanol–water partition coefficient (Wildman–Crippen LogP) is 2.56. The molecule has 5 nitrogen and oxygen atoms in total. The van der Waals surface area contributed by atoms with Crippen LogP contribution in [0, 0.1) is 29.1 Å². The van der Waals surface area contributed by atoms with Gasteiger partial charge in [0.2, 0.25) is 11.8 Å². The summed E-state index contributed by atoms with van der Waals surface area (Å²) in [6.07, 6.45) is 6.51. The van der Waals surface area contributed by atoms with Crippen molar-refractivity contribution in [2.75, 3.05) is 11.5 Å². The van der Waals surface area contributed by atoms with E-state index in [2.05, 4.69) is 12.2 Å². The molecule has 5 rings (SSSR count). The van der Waals surface area contributed by atoms with Crippen molar-refractivity contribution >= 4 is 23.5 Å². The molecule has 2 saturated carbocycles. The number of fused-ring (bicyclic) bond motifs is 3. The van der Waals surface area contributed by atoms with Crippen molar-refractivity contribution in [3.63, 3.8) is 0 Å².